The molecular weight excluding hydrogens is 525 g/mol. The number of hydrogen-bond donors (Lipinski definition) is 1. The molecule has 11 nitrogen and oxygen atoms in total. The first kappa shape index (κ1) is 28.3. The SMILES string of the molecule is COC1C(C)OC(OC(=O)Nc2ccc(-c3ncn(-c4ccc(OC(F)(F)F)cc4)n3)cc2)C(OC)C1OC. The minimum absolute atomic E-state index is 0.340. The molecule has 0 saturated carbocycles. The van der Waals surface area contributed by atoms with E-state index in [0.717, 1.165) is 0 Å². The Morgan fingerprint density at radius 1 is 0.949 bits per heavy atom. The molecule has 1 amide bonds. The quantitative estimate of drug-likeness (QED) is 0.440. The first-order valence-electron chi connectivity index (χ1n) is 11.7. The fourth-order valence-corrected chi connectivity index (χ4v) is 4.19. The standard InChI is InChI=1S/C25H27F3N4O7/c1-14-19(34-2)20(35-3)21(36-4)23(37-14)38-24(33)30-16-7-5-15(6-8-16)22-29-13-32(31-22)17-9-11-18(12-10-17)39-25(26,27)28/h5-14,19-21,23H,1-4H3,(H,30,33). The number of ether oxygens (including phenoxy) is 6. The fraction of sp³-hybridized carbons (Fsp3) is 0.400. The summed E-state index contributed by atoms with van der Waals surface area (Å²) in [6, 6.07) is 11.9. The topological polar surface area (TPSA) is 115 Å². The number of aromatic nitrogens is 3. The van der Waals surface area contributed by atoms with Crippen molar-refractivity contribution in [3.63, 3.8) is 0 Å². The summed E-state index contributed by atoms with van der Waals surface area (Å²) in [5.41, 5.74) is 1.58. The van der Waals surface area contributed by atoms with Gasteiger partial charge in [0.05, 0.1) is 11.8 Å². The van der Waals surface area contributed by atoms with Crippen molar-refractivity contribution in [2.24, 2.45) is 0 Å². The van der Waals surface area contributed by atoms with E-state index < -0.39 is 43.2 Å². The zero-order valence-corrected chi connectivity index (χ0v) is 21.4. The number of carbonyl (C=O) groups is 1. The van der Waals surface area contributed by atoms with Gasteiger partial charge in [-0.2, -0.15) is 0 Å². The third-order valence-corrected chi connectivity index (χ3v) is 5.98. The second kappa shape index (κ2) is 12.0. The van der Waals surface area contributed by atoms with E-state index in [-0.39, 0.29) is 5.75 Å². The molecule has 1 fully saturated rings. The van der Waals surface area contributed by atoms with Crippen LogP contribution in [-0.4, -0.2) is 79.3 Å². The monoisotopic (exact) mass is 552 g/mol. The van der Waals surface area contributed by atoms with Crippen LogP contribution in [-0.2, 0) is 23.7 Å². The Balaban J connectivity index is 1.37. The van der Waals surface area contributed by atoms with Gasteiger partial charge >= 0.3 is 12.5 Å². The molecule has 5 atom stereocenters. The van der Waals surface area contributed by atoms with Crippen LogP contribution in [0, 0.1) is 0 Å². The van der Waals surface area contributed by atoms with Crippen molar-refractivity contribution in [1.29, 1.82) is 0 Å². The van der Waals surface area contributed by atoms with Crippen molar-refractivity contribution in [2.75, 3.05) is 26.6 Å². The molecular formula is C25H27F3N4O7. The summed E-state index contributed by atoms with van der Waals surface area (Å²) >= 11 is 0. The van der Waals surface area contributed by atoms with Gasteiger partial charge in [-0.05, 0) is 55.5 Å². The lowest BCUT2D eigenvalue weighted by Gasteiger charge is -2.43. The van der Waals surface area contributed by atoms with Crippen LogP contribution in [0.4, 0.5) is 23.7 Å². The van der Waals surface area contributed by atoms with Crippen LogP contribution >= 0.6 is 0 Å². The minimum atomic E-state index is -4.77. The van der Waals surface area contributed by atoms with Gasteiger partial charge in [0.15, 0.2) is 5.82 Å². The number of nitrogens with one attached hydrogen (secondary N) is 1. The molecule has 2 heterocycles. The molecule has 1 N–H and O–H groups in total. The van der Waals surface area contributed by atoms with Crippen LogP contribution in [0.5, 0.6) is 5.75 Å². The molecule has 210 valence electrons. The summed E-state index contributed by atoms with van der Waals surface area (Å²) in [7, 11) is 4.51. The third kappa shape index (κ3) is 6.84. The highest BCUT2D eigenvalue weighted by atomic mass is 19.4. The lowest BCUT2D eigenvalue weighted by Crippen LogP contribution is -2.59. The van der Waals surface area contributed by atoms with Crippen LogP contribution in [0.15, 0.2) is 54.9 Å². The molecule has 1 saturated heterocycles. The summed E-state index contributed by atoms with van der Waals surface area (Å²) in [5, 5.41) is 6.99. The minimum Gasteiger partial charge on any atom is -0.416 e. The van der Waals surface area contributed by atoms with E-state index in [1.807, 2.05) is 0 Å². The smallest absolute Gasteiger partial charge is 0.416 e. The molecule has 1 aliphatic rings. The van der Waals surface area contributed by atoms with Crippen LogP contribution in [0.3, 0.4) is 0 Å². The van der Waals surface area contributed by atoms with Crippen molar-refractivity contribution >= 4 is 11.8 Å². The Morgan fingerprint density at radius 3 is 2.18 bits per heavy atom. The molecule has 39 heavy (non-hydrogen) atoms. The summed E-state index contributed by atoms with van der Waals surface area (Å²) in [4.78, 5) is 16.8. The normalized spacial score (nSPS) is 23.3. The summed E-state index contributed by atoms with van der Waals surface area (Å²) in [6.45, 7) is 1.78. The molecule has 1 aliphatic heterocycles. The molecule has 5 unspecified atom stereocenters. The van der Waals surface area contributed by atoms with Gasteiger partial charge in [0.25, 0.3) is 0 Å². The fourth-order valence-electron chi connectivity index (χ4n) is 4.19. The van der Waals surface area contributed by atoms with Crippen molar-refractivity contribution in [3.8, 4) is 22.8 Å². The maximum atomic E-state index is 12.6. The third-order valence-electron chi connectivity index (χ3n) is 5.98. The van der Waals surface area contributed by atoms with E-state index in [1.165, 1.54) is 56.6 Å². The van der Waals surface area contributed by atoms with Gasteiger partial charge < -0.3 is 28.4 Å². The average Bonchev–Trinajstić information content (AvgIpc) is 3.38. The molecule has 0 bridgehead atoms. The molecule has 0 radical (unpaired) electrons. The van der Waals surface area contributed by atoms with Crippen molar-refractivity contribution in [1.82, 2.24) is 14.8 Å². The molecule has 0 spiro atoms. The Bertz CT molecular complexity index is 1240. The van der Waals surface area contributed by atoms with Gasteiger partial charge in [-0.3, -0.25) is 5.32 Å². The largest absolute Gasteiger partial charge is 0.573 e. The zero-order chi connectivity index (χ0) is 28.2. The predicted octanol–water partition coefficient (Wildman–Crippen LogP) is 4.17. The highest BCUT2D eigenvalue weighted by Gasteiger charge is 2.47. The van der Waals surface area contributed by atoms with Crippen molar-refractivity contribution in [3.05, 3.63) is 54.9 Å². The van der Waals surface area contributed by atoms with E-state index in [2.05, 4.69) is 20.1 Å². The number of benzene rings is 2. The first-order chi connectivity index (χ1) is 18.6. The molecule has 0 aliphatic carbocycles. The van der Waals surface area contributed by atoms with Gasteiger partial charge in [-0.25, -0.2) is 14.5 Å². The van der Waals surface area contributed by atoms with Gasteiger partial charge in [0.2, 0.25) is 6.29 Å². The van der Waals surface area contributed by atoms with E-state index in [1.54, 1.807) is 31.2 Å². The van der Waals surface area contributed by atoms with E-state index >= 15 is 0 Å². The van der Waals surface area contributed by atoms with Crippen molar-refractivity contribution in [2.45, 2.75) is 44.0 Å². The van der Waals surface area contributed by atoms with Gasteiger partial charge in [-0.15, -0.1) is 18.3 Å². The first-order valence-corrected chi connectivity index (χ1v) is 11.7. The van der Waals surface area contributed by atoms with Crippen molar-refractivity contribution < 1.29 is 46.4 Å². The second-order valence-electron chi connectivity index (χ2n) is 8.47. The Labute approximate surface area is 221 Å². The van der Waals surface area contributed by atoms with Gasteiger partial charge in [-0.1, -0.05) is 0 Å². The van der Waals surface area contributed by atoms with E-state index in [0.29, 0.717) is 22.8 Å². The Kier molecular flexibility index (Phi) is 8.70. The number of carbonyl (C=O) groups excluding carboxylic acids is 1. The number of methoxy groups -OCH3 is 3. The maximum Gasteiger partial charge on any atom is 0.573 e. The Morgan fingerprint density at radius 2 is 1.59 bits per heavy atom. The number of rotatable bonds is 8. The van der Waals surface area contributed by atoms with E-state index in [4.69, 9.17) is 23.7 Å². The molecule has 2 aromatic carbocycles. The zero-order valence-electron chi connectivity index (χ0n) is 21.4. The maximum absolute atomic E-state index is 12.6. The van der Waals surface area contributed by atoms with Crippen LogP contribution in [0.1, 0.15) is 6.92 Å². The summed E-state index contributed by atoms with van der Waals surface area (Å²) in [6.07, 6.45) is -7.17. The highest BCUT2D eigenvalue weighted by molar-refractivity contribution is 5.85. The predicted molar refractivity (Wildman–Crippen MR) is 130 cm³/mol. The number of nitrogens with zero attached hydrogens (tertiary/aromatic N) is 3. The highest BCUT2D eigenvalue weighted by Crippen LogP contribution is 2.28. The molecule has 4 rings (SSSR count). The number of alkyl halides is 3. The van der Waals surface area contributed by atoms with E-state index in [9.17, 15) is 18.0 Å². The number of amides is 1. The summed E-state index contributed by atoms with van der Waals surface area (Å²) < 4.78 is 70.0. The van der Waals surface area contributed by atoms with Gasteiger partial charge in [0, 0.05) is 32.6 Å². The molecule has 1 aromatic heterocycles. The lowest BCUT2D eigenvalue weighted by molar-refractivity contribution is -0.288. The van der Waals surface area contributed by atoms with Crippen LogP contribution < -0.4 is 10.1 Å². The Hall–Kier alpha value is -3.72. The molecule has 3 aromatic rings. The van der Waals surface area contributed by atoms with Crippen LogP contribution in [0.2, 0.25) is 0 Å². The second-order valence-corrected chi connectivity index (χ2v) is 8.47. The lowest BCUT2D eigenvalue weighted by atomic mass is 9.99. The average molecular weight is 553 g/mol. The van der Waals surface area contributed by atoms with Gasteiger partial charge in [0.1, 0.15) is 30.4 Å². The van der Waals surface area contributed by atoms with Crippen LogP contribution in [0.25, 0.3) is 17.1 Å². The summed E-state index contributed by atoms with van der Waals surface area (Å²) in [5.74, 6) is 0.0266. The number of hydrogen-bond acceptors (Lipinski definition) is 9. The molecule has 14 heteroatoms. The number of halogens is 3. The number of anilines is 1.